The molecule has 0 bridgehead atoms. The monoisotopic (exact) mass is 220 g/mol. The van der Waals surface area contributed by atoms with E-state index in [1.54, 1.807) is 0 Å². The van der Waals surface area contributed by atoms with E-state index in [0.717, 1.165) is 0 Å². The largest absolute Gasteiger partial charge is 0.393 e. The Kier molecular flexibility index (Phi) is 1.26. The summed E-state index contributed by atoms with van der Waals surface area (Å²) in [5, 5.41) is 9.62. The summed E-state index contributed by atoms with van der Waals surface area (Å²) in [6.07, 6.45) is -5.90. The Labute approximate surface area is 83.6 Å². The maximum atomic E-state index is 9.62. The van der Waals surface area contributed by atoms with Gasteiger partial charge in [-0.15, -0.1) is 0 Å². The van der Waals surface area contributed by atoms with E-state index in [2.05, 4.69) is 15.9 Å². The number of rotatable bonds is 2. The van der Waals surface area contributed by atoms with E-state index in [0.29, 0.717) is 4.47 Å². The van der Waals surface area contributed by atoms with Gasteiger partial charge in [-0.1, -0.05) is 28.1 Å². The van der Waals surface area contributed by atoms with Crippen molar-refractivity contribution < 1.29 is 13.3 Å². The molecule has 0 aliphatic heterocycles. The summed E-state index contributed by atoms with van der Waals surface area (Å²) in [4.78, 5) is 0. The standard InChI is InChI=1S/C9H11BrO/c1-7(11)6-8-2-4-9(10)5-3-8/h2-5,7,11H,6H2,1H3/i1D3,6D2,7D. The Hall–Kier alpha value is -0.340. The lowest BCUT2D eigenvalue weighted by molar-refractivity contribution is 0.195. The van der Waals surface area contributed by atoms with E-state index >= 15 is 0 Å². The van der Waals surface area contributed by atoms with Gasteiger partial charge in [-0.3, -0.25) is 0 Å². The predicted octanol–water partition coefficient (Wildman–Crippen LogP) is 2.37. The first-order chi connectivity index (χ1) is 7.50. The Bertz CT molecular complexity index is 397. The molecule has 0 fully saturated rings. The highest BCUT2D eigenvalue weighted by molar-refractivity contribution is 9.10. The quantitative estimate of drug-likeness (QED) is 0.812. The van der Waals surface area contributed by atoms with E-state index in [9.17, 15) is 5.11 Å². The lowest BCUT2D eigenvalue weighted by Gasteiger charge is -2.03. The van der Waals surface area contributed by atoms with Gasteiger partial charge in [-0.25, -0.2) is 0 Å². The van der Waals surface area contributed by atoms with Crippen LogP contribution in [0.3, 0.4) is 0 Å². The van der Waals surface area contributed by atoms with Crippen LogP contribution in [-0.4, -0.2) is 11.2 Å². The zero-order chi connectivity index (χ0) is 13.5. The van der Waals surface area contributed by atoms with Gasteiger partial charge in [-0.2, -0.15) is 0 Å². The summed E-state index contributed by atoms with van der Waals surface area (Å²) >= 11 is 3.16. The van der Waals surface area contributed by atoms with E-state index in [-0.39, 0.29) is 5.56 Å². The summed E-state index contributed by atoms with van der Waals surface area (Å²) in [7, 11) is 0. The molecule has 1 aromatic rings. The van der Waals surface area contributed by atoms with Crippen LogP contribution in [0.25, 0.3) is 0 Å². The molecule has 1 nitrogen and oxygen atoms in total. The molecule has 60 valence electrons. The fourth-order valence-electron chi connectivity index (χ4n) is 0.670. The van der Waals surface area contributed by atoms with Crippen molar-refractivity contribution in [3.8, 4) is 0 Å². The molecule has 1 atom stereocenters. The minimum atomic E-state index is -3.20. The third-order valence-corrected chi connectivity index (χ3v) is 1.64. The fourth-order valence-corrected chi connectivity index (χ4v) is 0.934. The van der Waals surface area contributed by atoms with Crippen molar-refractivity contribution in [2.75, 3.05) is 0 Å². The molecule has 0 saturated heterocycles. The molecule has 0 aromatic heterocycles. The second kappa shape index (κ2) is 3.88. The summed E-state index contributed by atoms with van der Waals surface area (Å²) in [6, 6.07) is 5.69. The topological polar surface area (TPSA) is 20.2 Å². The van der Waals surface area contributed by atoms with Crippen LogP contribution in [0.5, 0.6) is 0 Å². The normalized spacial score (nSPS) is 26.4. The van der Waals surface area contributed by atoms with Crippen molar-refractivity contribution in [3.63, 3.8) is 0 Å². The second-order valence-electron chi connectivity index (χ2n) is 1.98. The van der Waals surface area contributed by atoms with E-state index < -0.39 is 19.3 Å². The Morgan fingerprint density at radius 1 is 1.73 bits per heavy atom. The molecule has 0 saturated carbocycles. The maximum Gasteiger partial charge on any atom is 0.0601 e. The summed E-state index contributed by atoms with van der Waals surface area (Å²) in [5.41, 5.74) is -0.0608. The highest BCUT2D eigenvalue weighted by Gasteiger charge is 1.97. The van der Waals surface area contributed by atoms with Crippen LogP contribution in [0.1, 0.15) is 20.6 Å². The van der Waals surface area contributed by atoms with Crippen LogP contribution in [0.4, 0.5) is 0 Å². The van der Waals surface area contributed by atoms with Gasteiger partial charge in [0.05, 0.1) is 7.45 Å². The Balaban J connectivity index is 3.23. The maximum absolute atomic E-state index is 9.62. The van der Waals surface area contributed by atoms with E-state index in [4.69, 9.17) is 8.22 Å². The van der Waals surface area contributed by atoms with Crippen LogP contribution in [-0.2, 0) is 6.37 Å². The van der Waals surface area contributed by atoms with Gasteiger partial charge in [0.25, 0.3) is 0 Å². The van der Waals surface area contributed by atoms with Gasteiger partial charge in [-0.05, 0) is 30.9 Å². The fraction of sp³-hybridized carbons (Fsp3) is 0.333. The molecule has 0 aliphatic rings. The van der Waals surface area contributed by atoms with Crippen LogP contribution in [0.2, 0.25) is 0 Å². The van der Waals surface area contributed by atoms with Gasteiger partial charge in [0.2, 0.25) is 0 Å². The average molecular weight is 221 g/mol. The van der Waals surface area contributed by atoms with Crippen molar-refractivity contribution in [2.24, 2.45) is 0 Å². The van der Waals surface area contributed by atoms with Gasteiger partial charge in [0, 0.05) is 11.3 Å². The van der Waals surface area contributed by atoms with E-state index in [1.807, 2.05) is 0 Å². The Morgan fingerprint density at radius 3 is 2.91 bits per heavy atom. The first-order valence-corrected chi connectivity index (χ1v) is 3.78. The highest BCUT2D eigenvalue weighted by atomic mass is 79.9. The molecule has 0 spiro atoms. The molecule has 1 rings (SSSR count). The minimum absolute atomic E-state index is 0.0608. The number of aliphatic hydroxyl groups is 1. The van der Waals surface area contributed by atoms with Crippen LogP contribution in [0.15, 0.2) is 28.7 Å². The molecule has 0 heterocycles. The van der Waals surface area contributed by atoms with E-state index in [1.165, 1.54) is 24.3 Å². The van der Waals surface area contributed by atoms with Gasteiger partial charge in [0.15, 0.2) is 0 Å². The molecular weight excluding hydrogens is 204 g/mol. The highest BCUT2D eigenvalue weighted by Crippen LogP contribution is 2.11. The molecule has 0 amide bonds. The number of benzene rings is 1. The second-order valence-corrected chi connectivity index (χ2v) is 2.90. The van der Waals surface area contributed by atoms with Crippen molar-refractivity contribution in [2.45, 2.75) is 19.3 Å². The molecule has 0 radical (unpaired) electrons. The first-order valence-electron chi connectivity index (χ1n) is 5.98. The van der Waals surface area contributed by atoms with Crippen LogP contribution < -0.4 is 0 Å². The lowest BCUT2D eigenvalue weighted by Crippen LogP contribution is -2.03. The molecule has 1 N–H and O–H groups in total. The predicted molar refractivity (Wildman–Crippen MR) is 49.5 cm³/mol. The summed E-state index contributed by atoms with van der Waals surface area (Å²) < 4.78 is 44.5. The number of halogens is 1. The molecule has 1 aromatic carbocycles. The Morgan fingerprint density at radius 2 is 2.36 bits per heavy atom. The summed E-state index contributed by atoms with van der Waals surface area (Å²) in [5.74, 6) is 0. The zero-order valence-electron chi connectivity index (χ0n) is 11.6. The smallest absolute Gasteiger partial charge is 0.0601 e. The van der Waals surface area contributed by atoms with Crippen molar-refractivity contribution in [3.05, 3.63) is 34.3 Å². The molecule has 0 aliphatic carbocycles. The van der Waals surface area contributed by atoms with Gasteiger partial charge in [0.1, 0.15) is 0 Å². The number of hydrogen-bond acceptors (Lipinski definition) is 1. The third kappa shape index (κ3) is 3.04. The molecular formula is C9H11BrO. The zero-order valence-corrected chi connectivity index (χ0v) is 7.22. The van der Waals surface area contributed by atoms with Crippen LogP contribution >= 0.6 is 15.9 Å². The van der Waals surface area contributed by atoms with Crippen LogP contribution in [0, 0.1) is 0 Å². The molecule has 1 unspecified atom stereocenters. The van der Waals surface area contributed by atoms with Crippen molar-refractivity contribution in [1.82, 2.24) is 0 Å². The van der Waals surface area contributed by atoms with Crippen molar-refractivity contribution in [1.29, 1.82) is 0 Å². The van der Waals surface area contributed by atoms with Gasteiger partial charge < -0.3 is 5.11 Å². The SMILES string of the molecule is [2H]C([2H])([2H])C([2H])(O)C([2H])([2H])c1ccc(Br)cc1. The number of hydrogen-bond donors (Lipinski definition) is 1. The van der Waals surface area contributed by atoms with Crippen molar-refractivity contribution >= 4 is 15.9 Å². The van der Waals surface area contributed by atoms with Gasteiger partial charge >= 0.3 is 0 Å². The first kappa shape index (κ1) is 3.58. The lowest BCUT2D eigenvalue weighted by atomic mass is 10.1. The third-order valence-electron chi connectivity index (χ3n) is 1.11. The summed E-state index contributed by atoms with van der Waals surface area (Å²) in [6.45, 7) is -3.14. The minimum Gasteiger partial charge on any atom is -0.393 e. The average Bonchev–Trinajstić information content (AvgIpc) is 2.16. The molecule has 2 heteroatoms. The molecule has 11 heavy (non-hydrogen) atoms.